The number of fused-ring (bicyclic) bond motifs is 1. The Labute approximate surface area is 212 Å². The molecule has 1 atom stereocenters. The lowest BCUT2D eigenvalue weighted by molar-refractivity contribution is 0.108. The zero-order valence-corrected chi connectivity index (χ0v) is 21.6. The SMILES string of the molecule is CCC[C@H](c1nnnn1Cc1ccccc1)N(Cc1cc2cc(C)c(C)cc2[nH]c1=O)C1CCCC1. The molecule has 2 heterocycles. The number of aryl methyl sites for hydroxylation is 2. The Morgan fingerprint density at radius 1 is 1.08 bits per heavy atom. The number of pyridine rings is 1. The van der Waals surface area contributed by atoms with Gasteiger partial charge in [0.15, 0.2) is 5.82 Å². The number of rotatable bonds is 9. The number of tetrazole rings is 1. The largest absolute Gasteiger partial charge is 0.322 e. The molecule has 0 unspecified atom stereocenters. The molecule has 7 heteroatoms. The summed E-state index contributed by atoms with van der Waals surface area (Å²) in [5, 5.41) is 14.1. The topological polar surface area (TPSA) is 79.7 Å². The van der Waals surface area contributed by atoms with Gasteiger partial charge in [-0.15, -0.1) is 5.10 Å². The van der Waals surface area contributed by atoms with Crippen LogP contribution < -0.4 is 5.56 Å². The van der Waals surface area contributed by atoms with Crippen LogP contribution in [0.4, 0.5) is 0 Å². The number of aromatic amines is 1. The molecule has 4 aromatic rings. The smallest absolute Gasteiger partial charge is 0.252 e. The van der Waals surface area contributed by atoms with Crippen LogP contribution in [0, 0.1) is 13.8 Å². The summed E-state index contributed by atoms with van der Waals surface area (Å²) in [6.45, 7) is 7.63. The van der Waals surface area contributed by atoms with Gasteiger partial charge < -0.3 is 4.98 Å². The molecule has 1 aliphatic carbocycles. The number of hydrogen-bond acceptors (Lipinski definition) is 5. The standard InChI is InChI=1S/C29H36N6O/c1-4-10-27(28-31-32-33-35(28)18-22-11-6-5-7-12-22)34(25-13-8-9-14-25)19-24-17-23-15-20(2)21(3)16-26(23)30-29(24)36/h5-7,11-12,15-17,25,27H,4,8-10,13-14,18-19H2,1-3H3,(H,30,36)/t27-/m1/s1. The number of hydrogen-bond donors (Lipinski definition) is 1. The third-order valence-corrected chi connectivity index (χ3v) is 7.68. The van der Waals surface area contributed by atoms with Gasteiger partial charge in [-0.05, 0) is 83.8 Å². The Morgan fingerprint density at radius 2 is 1.83 bits per heavy atom. The Balaban J connectivity index is 1.52. The normalized spacial score (nSPS) is 15.2. The van der Waals surface area contributed by atoms with E-state index in [-0.39, 0.29) is 11.6 Å². The summed E-state index contributed by atoms with van der Waals surface area (Å²) in [4.78, 5) is 18.9. The van der Waals surface area contributed by atoms with Gasteiger partial charge in [-0.3, -0.25) is 9.69 Å². The first kappa shape index (κ1) is 24.4. The Kier molecular flexibility index (Phi) is 7.28. The maximum atomic E-state index is 13.2. The van der Waals surface area contributed by atoms with Crippen molar-refractivity contribution in [3.05, 3.63) is 87.0 Å². The van der Waals surface area contributed by atoms with E-state index in [1.54, 1.807) is 0 Å². The third-order valence-electron chi connectivity index (χ3n) is 7.68. The highest BCUT2D eigenvalue weighted by Crippen LogP contribution is 2.34. The van der Waals surface area contributed by atoms with Crippen molar-refractivity contribution >= 4 is 10.9 Å². The average Bonchev–Trinajstić information content (AvgIpc) is 3.56. The fourth-order valence-electron chi connectivity index (χ4n) is 5.60. The zero-order valence-electron chi connectivity index (χ0n) is 21.6. The summed E-state index contributed by atoms with van der Waals surface area (Å²) in [6, 6.07) is 17.1. The molecule has 0 amide bonds. The second-order valence-corrected chi connectivity index (χ2v) is 10.2. The van der Waals surface area contributed by atoms with Crippen LogP contribution in [0.25, 0.3) is 10.9 Å². The fraction of sp³-hybridized carbons (Fsp3) is 0.448. The van der Waals surface area contributed by atoms with E-state index in [0.29, 0.717) is 19.1 Å². The van der Waals surface area contributed by atoms with Crippen molar-refractivity contribution in [2.45, 2.75) is 84.5 Å². The van der Waals surface area contributed by atoms with Gasteiger partial charge in [-0.1, -0.05) is 56.5 Å². The minimum absolute atomic E-state index is 0.00660. The van der Waals surface area contributed by atoms with Crippen LogP contribution in [0.3, 0.4) is 0 Å². The van der Waals surface area contributed by atoms with Crippen LogP contribution in [0.1, 0.15) is 79.6 Å². The molecular formula is C29H36N6O. The summed E-state index contributed by atoms with van der Waals surface area (Å²) in [5.74, 6) is 0.885. The molecule has 2 aromatic heterocycles. The van der Waals surface area contributed by atoms with E-state index in [4.69, 9.17) is 0 Å². The Hall–Kier alpha value is -3.32. The van der Waals surface area contributed by atoms with Gasteiger partial charge in [0.1, 0.15) is 0 Å². The van der Waals surface area contributed by atoms with E-state index in [2.05, 4.69) is 76.5 Å². The maximum absolute atomic E-state index is 13.2. The minimum Gasteiger partial charge on any atom is -0.322 e. The molecule has 1 fully saturated rings. The number of benzene rings is 2. The van der Waals surface area contributed by atoms with E-state index in [9.17, 15) is 4.79 Å². The molecule has 0 saturated heterocycles. The second-order valence-electron chi connectivity index (χ2n) is 10.2. The molecule has 188 valence electrons. The van der Waals surface area contributed by atoms with Gasteiger partial charge in [0.05, 0.1) is 12.6 Å². The predicted octanol–water partition coefficient (Wildman–Crippen LogP) is 5.47. The predicted molar refractivity (Wildman–Crippen MR) is 143 cm³/mol. The van der Waals surface area contributed by atoms with Crippen molar-refractivity contribution in [3.8, 4) is 0 Å². The first-order chi connectivity index (χ1) is 17.5. The molecule has 1 saturated carbocycles. The van der Waals surface area contributed by atoms with E-state index >= 15 is 0 Å². The van der Waals surface area contributed by atoms with Crippen LogP contribution in [0.2, 0.25) is 0 Å². The monoisotopic (exact) mass is 484 g/mol. The molecule has 0 bridgehead atoms. The van der Waals surface area contributed by atoms with Crippen LogP contribution in [-0.4, -0.2) is 36.1 Å². The van der Waals surface area contributed by atoms with E-state index in [1.165, 1.54) is 29.5 Å². The number of nitrogens with one attached hydrogen (secondary N) is 1. The summed E-state index contributed by atoms with van der Waals surface area (Å²) in [6.07, 6.45) is 6.69. The Bertz CT molecular complexity index is 1370. The summed E-state index contributed by atoms with van der Waals surface area (Å²) in [7, 11) is 0. The molecule has 36 heavy (non-hydrogen) atoms. The molecule has 1 N–H and O–H groups in total. The highest BCUT2D eigenvalue weighted by Gasteiger charge is 2.33. The van der Waals surface area contributed by atoms with Crippen molar-refractivity contribution in [2.75, 3.05) is 0 Å². The number of aromatic nitrogens is 5. The number of H-pyrrole nitrogens is 1. The third kappa shape index (κ3) is 5.12. The van der Waals surface area contributed by atoms with Crippen molar-refractivity contribution in [2.24, 2.45) is 0 Å². The summed E-state index contributed by atoms with van der Waals surface area (Å²) in [5.41, 5.74) is 5.29. The lowest BCUT2D eigenvalue weighted by atomic mass is 10.0. The second kappa shape index (κ2) is 10.7. The van der Waals surface area contributed by atoms with E-state index < -0.39 is 0 Å². The van der Waals surface area contributed by atoms with E-state index in [1.807, 2.05) is 22.9 Å². The molecule has 5 rings (SSSR count). The molecule has 0 radical (unpaired) electrons. The molecule has 2 aromatic carbocycles. The first-order valence-electron chi connectivity index (χ1n) is 13.2. The van der Waals surface area contributed by atoms with E-state index in [0.717, 1.165) is 48.0 Å². The van der Waals surface area contributed by atoms with Gasteiger partial charge in [-0.2, -0.15) is 0 Å². The average molecular weight is 485 g/mol. The van der Waals surface area contributed by atoms with Crippen LogP contribution in [0.5, 0.6) is 0 Å². The molecule has 7 nitrogen and oxygen atoms in total. The van der Waals surface area contributed by atoms with Crippen molar-refractivity contribution < 1.29 is 0 Å². The molecule has 0 aliphatic heterocycles. The van der Waals surface area contributed by atoms with Crippen LogP contribution >= 0.6 is 0 Å². The van der Waals surface area contributed by atoms with Crippen LogP contribution in [-0.2, 0) is 13.1 Å². The fourth-order valence-corrected chi connectivity index (χ4v) is 5.60. The lowest BCUT2D eigenvalue weighted by Gasteiger charge is -2.35. The van der Waals surface area contributed by atoms with Gasteiger partial charge in [0, 0.05) is 23.7 Å². The summed E-state index contributed by atoms with van der Waals surface area (Å²) < 4.78 is 1.94. The lowest BCUT2D eigenvalue weighted by Crippen LogP contribution is -2.39. The van der Waals surface area contributed by atoms with Gasteiger partial charge in [-0.25, -0.2) is 4.68 Å². The molecule has 1 aliphatic rings. The molecular weight excluding hydrogens is 448 g/mol. The summed E-state index contributed by atoms with van der Waals surface area (Å²) >= 11 is 0. The quantitative estimate of drug-likeness (QED) is 0.341. The van der Waals surface area contributed by atoms with Crippen molar-refractivity contribution in [1.29, 1.82) is 0 Å². The van der Waals surface area contributed by atoms with Crippen molar-refractivity contribution in [1.82, 2.24) is 30.1 Å². The minimum atomic E-state index is -0.00660. The highest BCUT2D eigenvalue weighted by atomic mass is 16.1. The zero-order chi connectivity index (χ0) is 25.1. The molecule has 0 spiro atoms. The van der Waals surface area contributed by atoms with Gasteiger partial charge in [0.2, 0.25) is 0 Å². The van der Waals surface area contributed by atoms with Crippen molar-refractivity contribution in [3.63, 3.8) is 0 Å². The van der Waals surface area contributed by atoms with Crippen LogP contribution in [0.15, 0.2) is 53.3 Å². The first-order valence-corrected chi connectivity index (χ1v) is 13.2. The number of nitrogens with zero attached hydrogens (tertiary/aromatic N) is 5. The van der Waals surface area contributed by atoms with Gasteiger partial charge in [0.25, 0.3) is 5.56 Å². The maximum Gasteiger partial charge on any atom is 0.252 e. The highest BCUT2D eigenvalue weighted by molar-refractivity contribution is 5.80. The Morgan fingerprint density at radius 3 is 2.58 bits per heavy atom. The van der Waals surface area contributed by atoms with Gasteiger partial charge >= 0.3 is 0 Å².